The molecule has 0 radical (unpaired) electrons. The Morgan fingerprint density at radius 1 is 1.24 bits per heavy atom. The molecule has 2 nitrogen and oxygen atoms in total. The molecule has 0 aliphatic carbocycles. The van der Waals surface area contributed by atoms with Crippen molar-refractivity contribution in [1.82, 2.24) is 0 Å². The van der Waals surface area contributed by atoms with Crippen LogP contribution in [0.25, 0.3) is 0 Å². The minimum Gasteiger partial charge on any atom is -0.321 e. The number of halogens is 3. The second-order valence-electron chi connectivity index (χ2n) is 3.19. The summed E-state index contributed by atoms with van der Waals surface area (Å²) in [4.78, 5) is 12.3. The quantitative estimate of drug-likeness (QED) is 0.808. The molecule has 0 atom stereocenters. The van der Waals surface area contributed by atoms with Crippen molar-refractivity contribution in [2.75, 3.05) is 5.32 Å². The van der Waals surface area contributed by atoms with Gasteiger partial charge in [0, 0.05) is 5.69 Å². The third-order valence-electron chi connectivity index (χ3n) is 1.97. The number of carbonyl (C=O) groups is 1. The smallest absolute Gasteiger partial charge is 0.265 e. The number of carbonyl (C=O) groups excluding carboxylic acids is 1. The fourth-order valence-electron chi connectivity index (χ4n) is 1.20. The van der Waals surface area contributed by atoms with Crippen LogP contribution in [0, 0.1) is 5.82 Å². The van der Waals surface area contributed by atoms with Gasteiger partial charge in [-0.3, -0.25) is 4.79 Å². The molecule has 17 heavy (non-hydrogen) atoms. The molecular formula is C11H6Br2FNOS. The van der Waals surface area contributed by atoms with Crippen LogP contribution in [0.2, 0.25) is 0 Å². The highest BCUT2D eigenvalue weighted by Gasteiger charge is 2.09. The van der Waals surface area contributed by atoms with Gasteiger partial charge in [-0.05, 0) is 62.2 Å². The van der Waals surface area contributed by atoms with Crippen molar-refractivity contribution in [3.05, 3.63) is 49.3 Å². The summed E-state index contributed by atoms with van der Waals surface area (Å²) in [6.45, 7) is 0. The molecule has 0 spiro atoms. The highest BCUT2D eigenvalue weighted by Crippen LogP contribution is 2.24. The van der Waals surface area contributed by atoms with E-state index in [0.29, 0.717) is 15.0 Å². The molecule has 2 aromatic rings. The van der Waals surface area contributed by atoms with Crippen LogP contribution in [0.1, 0.15) is 9.67 Å². The van der Waals surface area contributed by atoms with Gasteiger partial charge in [-0.1, -0.05) is 0 Å². The maximum Gasteiger partial charge on any atom is 0.265 e. The molecular weight excluding hydrogens is 373 g/mol. The lowest BCUT2D eigenvalue weighted by molar-refractivity contribution is 0.103. The number of anilines is 1. The SMILES string of the molecule is O=C(Nc1ccc(Br)c(F)c1)c1ccc(Br)s1. The van der Waals surface area contributed by atoms with E-state index in [9.17, 15) is 9.18 Å². The van der Waals surface area contributed by atoms with E-state index in [-0.39, 0.29) is 5.91 Å². The van der Waals surface area contributed by atoms with Gasteiger partial charge in [0.15, 0.2) is 0 Å². The van der Waals surface area contributed by atoms with Crippen LogP contribution in [0.4, 0.5) is 10.1 Å². The first kappa shape index (κ1) is 12.7. The fourth-order valence-corrected chi connectivity index (χ4v) is 2.73. The predicted octanol–water partition coefficient (Wildman–Crippen LogP) is 4.66. The number of benzene rings is 1. The zero-order valence-electron chi connectivity index (χ0n) is 8.34. The summed E-state index contributed by atoms with van der Waals surface area (Å²) < 4.78 is 14.5. The monoisotopic (exact) mass is 377 g/mol. The van der Waals surface area contributed by atoms with Crippen LogP contribution in [0.3, 0.4) is 0 Å². The van der Waals surface area contributed by atoms with Gasteiger partial charge in [-0.25, -0.2) is 4.39 Å². The second-order valence-corrected chi connectivity index (χ2v) is 6.50. The van der Waals surface area contributed by atoms with E-state index >= 15 is 0 Å². The molecule has 0 aliphatic heterocycles. The molecule has 1 heterocycles. The molecule has 0 aliphatic rings. The maximum atomic E-state index is 13.2. The van der Waals surface area contributed by atoms with E-state index < -0.39 is 5.82 Å². The number of thiophene rings is 1. The highest BCUT2D eigenvalue weighted by atomic mass is 79.9. The fraction of sp³-hybridized carbons (Fsp3) is 0. The van der Waals surface area contributed by atoms with Gasteiger partial charge in [-0.15, -0.1) is 11.3 Å². The van der Waals surface area contributed by atoms with Gasteiger partial charge in [-0.2, -0.15) is 0 Å². The summed E-state index contributed by atoms with van der Waals surface area (Å²) in [7, 11) is 0. The van der Waals surface area contributed by atoms with Crippen LogP contribution in [0.15, 0.2) is 38.6 Å². The van der Waals surface area contributed by atoms with Crippen LogP contribution in [-0.4, -0.2) is 5.91 Å². The Morgan fingerprint density at radius 2 is 2.00 bits per heavy atom. The first-order chi connectivity index (χ1) is 8.06. The minimum atomic E-state index is -0.407. The van der Waals surface area contributed by atoms with Gasteiger partial charge in [0.1, 0.15) is 5.82 Å². The summed E-state index contributed by atoms with van der Waals surface area (Å²) in [6, 6.07) is 7.95. The van der Waals surface area contributed by atoms with E-state index in [2.05, 4.69) is 37.2 Å². The summed E-state index contributed by atoms with van der Waals surface area (Å²) in [5.41, 5.74) is 0.431. The Bertz CT molecular complexity index is 570. The Labute approximate surface area is 118 Å². The molecule has 2 rings (SSSR count). The number of rotatable bonds is 2. The lowest BCUT2D eigenvalue weighted by atomic mass is 10.3. The molecule has 1 aromatic carbocycles. The van der Waals surface area contributed by atoms with E-state index in [1.807, 2.05) is 0 Å². The first-order valence-electron chi connectivity index (χ1n) is 4.58. The molecule has 0 fully saturated rings. The van der Waals surface area contributed by atoms with Gasteiger partial charge in [0.25, 0.3) is 5.91 Å². The summed E-state index contributed by atoms with van der Waals surface area (Å²) in [6.07, 6.45) is 0. The van der Waals surface area contributed by atoms with Crippen LogP contribution < -0.4 is 5.32 Å². The Balaban J connectivity index is 2.15. The minimum absolute atomic E-state index is 0.248. The number of nitrogens with one attached hydrogen (secondary N) is 1. The van der Waals surface area contributed by atoms with E-state index in [4.69, 9.17) is 0 Å². The summed E-state index contributed by atoms with van der Waals surface area (Å²) in [5.74, 6) is -0.655. The average molecular weight is 379 g/mol. The van der Waals surface area contributed by atoms with Crippen molar-refractivity contribution < 1.29 is 9.18 Å². The zero-order chi connectivity index (χ0) is 12.4. The largest absolute Gasteiger partial charge is 0.321 e. The van der Waals surface area contributed by atoms with E-state index in [1.54, 1.807) is 24.3 Å². The number of amides is 1. The van der Waals surface area contributed by atoms with E-state index in [0.717, 1.165) is 3.79 Å². The van der Waals surface area contributed by atoms with Crippen LogP contribution in [-0.2, 0) is 0 Å². The Hall–Kier alpha value is -0.720. The molecule has 1 amide bonds. The molecule has 1 aromatic heterocycles. The molecule has 0 bridgehead atoms. The van der Waals surface area contributed by atoms with Gasteiger partial charge in [0.2, 0.25) is 0 Å². The number of hydrogen-bond donors (Lipinski definition) is 1. The lowest BCUT2D eigenvalue weighted by Crippen LogP contribution is -2.10. The van der Waals surface area contributed by atoms with Crippen molar-refractivity contribution >= 4 is 54.8 Å². The molecule has 1 N–H and O–H groups in total. The van der Waals surface area contributed by atoms with Gasteiger partial charge >= 0.3 is 0 Å². The zero-order valence-corrected chi connectivity index (χ0v) is 12.3. The molecule has 0 saturated carbocycles. The molecule has 6 heteroatoms. The molecule has 0 saturated heterocycles. The summed E-state index contributed by atoms with van der Waals surface area (Å²) in [5, 5.41) is 2.63. The lowest BCUT2D eigenvalue weighted by Gasteiger charge is -2.04. The third-order valence-corrected chi connectivity index (χ3v) is 4.24. The van der Waals surface area contributed by atoms with Crippen LogP contribution >= 0.6 is 43.2 Å². The third kappa shape index (κ3) is 3.14. The Kier molecular flexibility index (Phi) is 3.96. The molecule has 88 valence electrons. The topological polar surface area (TPSA) is 29.1 Å². The Morgan fingerprint density at radius 3 is 2.59 bits per heavy atom. The van der Waals surface area contributed by atoms with E-state index in [1.165, 1.54) is 17.4 Å². The molecule has 0 unspecified atom stereocenters. The van der Waals surface area contributed by atoms with Crippen molar-refractivity contribution in [3.8, 4) is 0 Å². The predicted molar refractivity (Wildman–Crippen MR) is 74.1 cm³/mol. The van der Waals surface area contributed by atoms with Gasteiger partial charge < -0.3 is 5.32 Å². The second kappa shape index (κ2) is 5.29. The summed E-state index contributed by atoms with van der Waals surface area (Å²) >= 11 is 7.66. The van der Waals surface area contributed by atoms with Crippen LogP contribution in [0.5, 0.6) is 0 Å². The van der Waals surface area contributed by atoms with Crippen molar-refractivity contribution in [2.45, 2.75) is 0 Å². The number of hydrogen-bond acceptors (Lipinski definition) is 2. The van der Waals surface area contributed by atoms with Crippen molar-refractivity contribution in [2.24, 2.45) is 0 Å². The standard InChI is InChI=1S/C11H6Br2FNOS/c12-7-2-1-6(5-8(7)14)15-11(16)9-3-4-10(13)17-9/h1-5H,(H,15,16). The maximum absolute atomic E-state index is 13.2. The van der Waals surface area contributed by atoms with Gasteiger partial charge in [0.05, 0.1) is 13.1 Å². The van der Waals surface area contributed by atoms with Crippen molar-refractivity contribution in [3.63, 3.8) is 0 Å². The average Bonchev–Trinajstić information content (AvgIpc) is 2.70. The first-order valence-corrected chi connectivity index (χ1v) is 6.98. The highest BCUT2D eigenvalue weighted by molar-refractivity contribution is 9.11. The van der Waals surface area contributed by atoms with Crippen molar-refractivity contribution in [1.29, 1.82) is 0 Å². The normalized spacial score (nSPS) is 10.3.